The number of piperazine rings is 1. The van der Waals surface area contributed by atoms with Crippen molar-refractivity contribution in [2.24, 2.45) is 0 Å². The second-order valence-corrected chi connectivity index (χ2v) is 13.4. The van der Waals surface area contributed by atoms with Crippen LogP contribution >= 0.6 is 34.8 Å². The monoisotopic (exact) mass is 715 g/mol. The minimum atomic E-state index is -1.13. The zero-order chi connectivity index (χ0) is 35.1. The highest BCUT2D eigenvalue weighted by Gasteiger charge is 2.45. The number of nitrogens with two attached hydrogens (primary N) is 1. The van der Waals surface area contributed by atoms with E-state index in [9.17, 15) is 14.4 Å². The number of amides is 2. The minimum Gasteiger partial charge on any atom is -0.397 e. The normalized spacial score (nSPS) is 17.6. The quantitative estimate of drug-likeness (QED) is 0.150. The van der Waals surface area contributed by atoms with Crippen LogP contribution in [0.3, 0.4) is 0 Å². The van der Waals surface area contributed by atoms with E-state index in [0.717, 1.165) is 16.7 Å². The van der Waals surface area contributed by atoms with Gasteiger partial charge < -0.3 is 20.4 Å². The van der Waals surface area contributed by atoms with Gasteiger partial charge in [0.15, 0.2) is 11.6 Å². The van der Waals surface area contributed by atoms with Crippen LogP contribution in [0, 0.1) is 18.6 Å². The third kappa shape index (κ3) is 4.83. The molecule has 10 nitrogen and oxygen atoms in total. The number of carbonyl (C=O) groups is 2. The fraction of sp³-hybridized carbons (Fsp3) is 0.303. The maximum absolute atomic E-state index is 17.6. The Morgan fingerprint density at radius 2 is 1.79 bits per heavy atom. The molecule has 250 valence electrons. The number of nitrogens with zero attached hydrogens (tertiary/aromatic N) is 6. The number of benzene rings is 2. The third-order valence-corrected chi connectivity index (χ3v) is 9.93. The molecule has 0 radical (unpaired) electrons. The summed E-state index contributed by atoms with van der Waals surface area (Å²) in [7, 11) is 1.42. The Labute approximate surface area is 289 Å². The lowest BCUT2D eigenvalue weighted by Crippen LogP contribution is -2.63. The number of likely N-dealkylation sites (N-methyl/N-ethyl adjacent to an activating group) is 1. The molecule has 0 saturated carbocycles. The van der Waals surface area contributed by atoms with Gasteiger partial charge in [0.05, 0.1) is 49.8 Å². The number of aromatic nitrogens is 3. The topological polar surface area (TPSA) is 118 Å². The van der Waals surface area contributed by atoms with Gasteiger partial charge in [0.25, 0.3) is 5.91 Å². The number of anilines is 3. The van der Waals surface area contributed by atoms with Crippen molar-refractivity contribution in [1.82, 2.24) is 19.4 Å². The van der Waals surface area contributed by atoms with Gasteiger partial charge in [-0.3, -0.25) is 19.1 Å². The van der Waals surface area contributed by atoms with Gasteiger partial charge in [0.2, 0.25) is 5.91 Å². The van der Waals surface area contributed by atoms with Gasteiger partial charge in [-0.1, -0.05) is 55.2 Å². The van der Waals surface area contributed by atoms with E-state index in [-0.39, 0.29) is 57.8 Å². The van der Waals surface area contributed by atoms with Crippen molar-refractivity contribution in [1.29, 1.82) is 0 Å². The summed E-state index contributed by atoms with van der Waals surface area (Å²) in [5.74, 6) is -3.43. The summed E-state index contributed by atoms with van der Waals surface area (Å²) >= 11 is 19.5. The highest BCUT2D eigenvalue weighted by Crippen LogP contribution is 2.51. The van der Waals surface area contributed by atoms with E-state index in [2.05, 4.69) is 16.5 Å². The van der Waals surface area contributed by atoms with E-state index in [4.69, 9.17) is 40.5 Å². The Bertz CT molecular complexity index is 2130. The van der Waals surface area contributed by atoms with Crippen LogP contribution in [0.4, 0.5) is 26.0 Å². The first-order valence-corrected chi connectivity index (χ1v) is 16.1. The Morgan fingerprint density at radius 3 is 2.44 bits per heavy atom. The Hall–Kier alpha value is -4.26. The number of pyridine rings is 1. The van der Waals surface area contributed by atoms with Crippen molar-refractivity contribution in [3.05, 3.63) is 79.4 Å². The molecule has 4 aromatic rings. The molecular formula is C33H30Cl3F2N7O3. The van der Waals surface area contributed by atoms with Crippen LogP contribution in [-0.2, 0) is 9.59 Å². The van der Waals surface area contributed by atoms with Crippen LogP contribution in [0.1, 0.15) is 37.9 Å². The summed E-state index contributed by atoms with van der Waals surface area (Å²) in [5.41, 5.74) is 4.78. The minimum absolute atomic E-state index is 0.0139. The van der Waals surface area contributed by atoms with E-state index in [1.54, 1.807) is 31.0 Å². The smallest absolute Gasteiger partial charge is 0.354 e. The summed E-state index contributed by atoms with van der Waals surface area (Å²) in [4.78, 5) is 54.7. The van der Waals surface area contributed by atoms with Crippen LogP contribution < -0.4 is 21.2 Å². The van der Waals surface area contributed by atoms with Crippen LogP contribution in [0.5, 0.6) is 0 Å². The van der Waals surface area contributed by atoms with E-state index < -0.39 is 62.4 Å². The molecule has 2 atom stereocenters. The van der Waals surface area contributed by atoms with Crippen molar-refractivity contribution in [2.75, 3.05) is 35.7 Å². The second-order valence-electron chi connectivity index (χ2n) is 12.2. The maximum atomic E-state index is 17.6. The molecule has 2 aliphatic rings. The first-order valence-electron chi connectivity index (χ1n) is 15.0. The summed E-state index contributed by atoms with van der Waals surface area (Å²) in [6, 6.07) is 1.24. The molecule has 0 aliphatic carbocycles. The molecule has 2 amide bonds. The molecule has 6 rings (SSSR count). The number of aryl methyl sites for hydroxylation is 1. The van der Waals surface area contributed by atoms with E-state index in [1.807, 2.05) is 13.8 Å². The molecule has 2 unspecified atom stereocenters. The highest BCUT2D eigenvalue weighted by atomic mass is 35.5. The molecule has 15 heteroatoms. The number of halogens is 5. The molecule has 2 N–H and O–H groups in total. The van der Waals surface area contributed by atoms with Crippen molar-refractivity contribution in [3.8, 4) is 16.8 Å². The summed E-state index contributed by atoms with van der Waals surface area (Å²) < 4.78 is 34.6. The maximum Gasteiger partial charge on any atom is 0.354 e. The first-order chi connectivity index (χ1) is 22.6. The number of hydrogen-bond acceptors (Lipinski definition) is 7. The van der Waals surface area contributed by atoms with E-state index in [0.29, 0.717) is 11.3 Å². The van der Waals surface area contributed by atoms with Gasteiger partial charge in [0.1, 0.15) is 17.4 Å². The molecule has 1 saturated heterocycles. The summed E-state index contributed by atoms with van der Waals surface area (Å²) in [5, 5.41) is -1.00. The molecule has 1 fully saturated rings. The first kappa shape index (κ1) is 33.6. The van der Waals surface area contributed by atoms with Crippen molar-refractivity contribution in [2.45, 2.75) is 45.7 Å². The standard InChI is InChI=1S/C33H30Cl3F2N7O3/c1-7-19(46)43-12-18-32(47)42(6)29-22-30(25(38)20(23(29)36)21-24(37)16(34)10-17(35)26(21)39)45(28-14(4)8-9-40-27(28)13(2)3)33(48)41-31(22)44(18)11-15(43)5/h7-10,13,15,18H,1,11-12,39H2,2-6H3. The number of hydrogen-bond donors (Lipinski definition) is 1. The molecule has 0 spiro atoms. The Kier molecular flexibility index (Phi) is 8.42. The lowest BCUT2D eigenvalue weighted by atomic mass is 9.97. The van der Waals surface area contributed by atoms with Gasteiger partial charge in [-0.05, 0) is 43.5 Å². The fourth-order valence-electron chi connectivity index (χ4n) is 6.65. The largest absolute Gasteiger partial charge is 0.397 e. The average Bonchev–Trinajstić information content (AvgIpc) is 3.12. The lowest BCUT2D eigenvalue weighted by molar-refractivity contribution is -0.130. The van der Waals surface area contributed by atoms with Crippen LogP contribution in [0.15, 0.2) is 35.8 Å². The molecule has 4 heterocycles. The molecule has 0 bridgehead atoms. The van der Waals surface area contributed by atoms with Gasteiger partial charge >= 0.3 is 5.69 Å². The van der Waals surface area contributed by atoms with Gasteiger partial charge in [-0.15, -0.1) is 0 Å². The predicted molar refractivity (Wildman–Crippen MR) is 185 cm³/mol. The molecule has 48 heavy (non-hydrogen) atoms. The third-order valence-electron chi connectivity index (χ3n) is 8.97. The van der Waals surface area contributed by atoms with E-state index in [1.165, 1.54) is 16.8 Å². The summed E-state index contributed by atoms with van der Waals surface area (Å²) in [6.45, 7) is 10.8. The Morgan fingerprint density at radius 1 is 1.10 bits per heavy atom. The molecule has 2 aliphatic heterocycles. The van der Waals surface area contributed by atoms with Crippen LogP contribution in [0.2, 0.25) is 15.1 Å². The van der Waals surface area contributed by atoms with Crippen LogP contribution in [0.25, 0.3) is 27.7 Å². The number of carbonyl (C=O) groups excluding carboxylic acids is 2. The van der Waals surface area contributed by atoms with Gasteiger partial charge in [-0.2, -0.15) is 4.98 Å². The van der Waals surface area contributed by atoms with Crippen molar-refractivity contribution < 1.29 is 18.4 Å². The SMILES string of the molecule is C=CC(=O)N1CC2C(=O)N(C)c3c(Cl)c(-c4c(N)c(Cl)cc(Cl)c4F)c(F)c4c3c(nc(=O)n4-c3c(C)ccnc3C(C)C)N2CC1C. The number of fused-ring (bicyclic) bond motifs is 2. The zero-order valence-electron chi connectivity index (χ0n) is 26.5. The van der Waals surface area contributed by atoms with Gasteiger partial charge in [-0.25, -0.2) is 13.6 Å². The molecule has 2 aromatic carbocycles. The fourth-order valence-corrected chi connectivity index (χ4v) is 7.51. The number of nitrogen functional groups attached to an aromatic ring is 1. The molecular weight excluding hydrogens is 687 g/mol. The van der Waals surface area contributed by atoms with Crippen molar-refractivity contribution in [3.63, 3.8) is 0 Å². The van der Waals surface area contributed by atoms with E-state index >= 15 is 8.78 Å². The Balaban J connectivity index is 1.85. The summed E-state index contributed by atoms with van der Waals surface area (Å²) in [6.07, 6.45) is 2.73. The zero-order valence-corrected chi connectivity index (χ0v) is 28.8. The predicted octanol–water partition coefficient (Wildman–Crippen LogP) is 6.27. The average molecular weight is 717 g/mol. The van der Waals surface area contributed by atoms with Gasteiger partial charge in [0, 0.05) is 37.0 Å². The molecule has 2 aromatic heterocycles. The van der Waals surface area contributed by atoms with Crippen LogP contribution in [-0.4, -0.2) is 63.5 Å². The number of rotatable bonds is 4. The highest BCUT2D eigenvalue weighted by molar-refractivity contribution is 6.41. The lowest BCUT2D eigenvalue weighted by Gasteiger charge is -2.44. The second kappa shape index (κ2) is 12.0. The van der Waals surface area contributed by atoms with Crippen molar-refractivity contribution >= 4 is 74.7 Å².